The molecule has 2 N–H and O–H groups in total. The first-order chi connectivity index (χ1) is 13.0. The van der Waals surface area contributed by atoms with Gasteiger partial charge in [-0.2, -0.15) is 0 Å². The number of fused-ring (bicyclic) bond motifs is 1. The van der Waals surface area contributed by atoms with Gasteiger partial charge in [0, 0.05) is 11.4 Å². The maximum absolute atomic E-state index is 13.1. The second-order valence-electron chi connectivity index (χ2n) is 6.04. The van der Waals surface area contributed by atoms with Crippen LogP contribution in [0.1, 0.15) is 17.4 Å². The molecule has 2 amide bonds. The quantitative estimate of drug-likeness (QED) is 0.746. The van der Waals surface area contributed by atoms with Gasteiger partial charge in [-0.3, -0.25) is 14.2 Å². The Morgan fingerprint density at radius 2 is 2.04 bits per heavy atom. The van der Waals surface area contributed by atoms with Gasteiger partial charge in [-0.25, -0.2) is 9.37 Å². The lowest BCUT2D eigenvalue weighted by atomic mass is 10.2. The zero-order chi connectivity index (χ0) is 19.0. The Balaban J connectivity index is 1.57. The van der Waals surface area contributed by atoms with Gasteiger partial charge in [0.2, 0.25) is 0 Å². The van der Waals surface area contributed by atoms with Crippen molar-refractivity contribution in [2.45, 2.75) is 13.0 Å². The number of anilines is 2. The van der Waals surface area contributed by atoms with E-state index in [1.165, 1.54) is 24.7 Å². The van der Waals surface area contributed by atoms with Crippen LogP contribution in [0.4, 0.5) is 15.8 Å². The van der Waals surface area contributed by atoms with Crippen molar-refractivity contribution in [1.29, 1.82) is 0 Å². The Kier molecular flexibility index (Phi) is 4.08. The number of hydrogen-bond acceptors (Lipinski definition) is 4. The van der Waals surface area contributed by atoms with Crippen molar-refractivity contribution in [3.8, 4) is 11.4 Å². The van der Waals surface area contributed by atoms with Crippen LogP contribution in [0.15, 0.2) is 55.0 Å². The fraction of sp³-hybridized carbons (Fsp3) is 0.105. The monoisotopic (exact) mass is 366 g/mol. The molecule has 1 aliphatic rings. The molecule has 2 aromatic carbocycles. The van der Waals surface area contributed by atoms with E-state index in [1.54, 1.807) is 41.8 Å². The minimum atomic E-state index is -0.567. The van der Waals surface area contributed by atoms with E-state index in [0.717, 1.165) is 0 Å². The van der Waals surface area contributed by atoms with Crippen molar-refractivity contribution in [3.63, 3.8) is 0 Å². The Morgan fingerprint density at radius 3 is 2.81 bits per heavy atom. The van der Waals surface area contributed by atoms with E-state index in [0.29, 0.717) is 22.8 Å². The molecule has 4 rings (SSSR count). The van der Waals surface area contributed by atoms with E-state index >= 15 is 0 Å². The molecule has 2 heterocycles. The highest BCUT2D eigenvalue weighted by atomic mass is 19.1. The van der Waals surface area contributed by atoms with E-state index in [2.05, 4.69) is 15.6 Å². The lowest BCUT2D eigenvalue weighted by Crippen LogP contribution is -2.34. The largest absolute Gasteiger partial charge is 0.479 e. The summed E-state index contributed by atoms with van der Waals surface area (Å²) in [6, 6.07) is 10.7. The van der Waals surface area contributed by atoms with Crippen LogP contribution in [0.2, 0.25) is 0 Å². The van der Waals surface area contributed by atoms with Gasteiger partial charge in [-0.05, 0) is 49.4 Å². The second-order valence-corrected chi connectivity index (χ2v) is 6.04. The number of rotatable bonds is 3. The molecule has 27 heavy (non-hydrogen) atoms. The first-order valence-corrected chi connectivity index (χ1v) is 8.22. The number of hydrogen-bond donors (Lipinski definition) is 2. The highest BCUT2D eigenvalue weighted by Crippen LogP contribution is 2.32. The standard InChI is InChI=1S/C19H15FN4O3/c1-11-18(25)23-15-8-13(4-7-17(15)27-11)22-19(26)16-9-21-10-24(16)14-5-2-12(20)3-6-14/h2-11H,1H3,(H,22,26)(H,23,25)/t11-/m0/s1. The van der Waals surface area contributed by atoms with Gasteiger partial charge in [-0.1, -0.05) is 0 Å². The molecule has 0 radical (unpaired) electrons. The summed E-state index contributed by atoms with van der Waals surface area (Å²) in [6.07, 6.45) is 2.33. The van der Waals surface area contributed by atoms with Crippen LogP contribution in [0, 0.1) is 5.82 Å². The molecule has 3 aromatic rings. The fourth-order valence-electron chi connectivity index (χ4n) is 2.75. The molecule has 7 nitrogen and oxygen atoms in total. The van der Waals surface area contributed by atoms with Crippen LogP contribution < -0.4 is 15.4 Å². The SMILES string of the molecule is C[C@@H]1Oc2ccc(NC(=O)c3cncn3-c3ccc(F)cc3)cc2NC1=O. The summed E-state index contributed by atoms with van der Waals surface area (Å²) in [4.78, 5) is 28.4. The van der Waals surface area contributed by atoms with E-state index in [1.807, 2.05) is 0 Å². The molecule has 0 aliphatic carbocycles. The number of halogens is 1. The van der Waals surface area contributed by atoms with Gasteiger partial charge in [0.05, 0.1) is 18.2 Å². The minimum Gasteiger partial charge on any atom is -0.479 e. The smallest absolute Gasteiger partial charge is 0.274 e. The highest BCUT2D eigenvalue weighted by Gasteiger charge is 2.24. The second kappa shape index (κ2) is 6.56. The Morgan fingerprint density at radius 1 is 1.26 bits per heavy atom. The van der Waals surface area contributed by atoms with Gasteiger partial charge >= 0.3 is 0 Å². The topological polar surface area (TPSA) is 85.2 Å². The number of ether oxygens (including phenoxy) is 1. The van der Waals surface area contributed by atoms with E-state index in [4.69, 9.17) is 4.74 Å². The number of nitrogens with one attached hydrogen (secondary N) is 2. The molecule has 0 fully saturated rings. The molecule has 0 saturated carbocycles. The van der Waals surface area contributed by atoms with Gasteiger partial charge in [-0.15, -0.1) is 0 Å². The first kappa shape index (κ1) is 16.8. The average molecular weight is 366 g/mol. The third-order valence-electron chi connectivity index (χ3n) is 4.14. The zero-order valence-corrected chi connectivity index (χ0v) is 14.3. The first-order valence-electron chi connectivity index (χ1n) is 8.22. The average Bonchev–Trinajstić information content (AvgIpc) is 3.13. The lowest BCUT2D eigenvalue weighted by molar-refractivity contribution is -0.122. The predicted molar refractivity (Wildman–Crippen MR) is 96.6 cm³/mol. The third-order valence-corrected chi connectivity index (χ3v) is 4.14. The van der Waals surface area contributed by atoms with E-state index < -0.39 is 12.0 Å². The normalized spacial score (nSPS) is 15.5. The van der Waals surface area contributed by atoms with Crippen LogP contribution >= 0.6 is 0 Å². The zero-order valence-electron chi connectivity index (χ0n) is 14.3. The molecule has 1 aromatic heterocycles. The molecule has 0 spiro atoms. The van der Waals surface area contributed by atoms with Crippen molar-refractivity contribution in [3.05, 3.63) is 66.5 Å². The highest BCUT2D eigenvalue weighted by molar-refractivity contribution is 6.04. The van der Waals surface area contributed by atoms with Crippen LogP contribution in [0.5, 0.6) is 5.75 Å². The number of benzene rings is 2. The minimum absolute atomic E-state index is 0.250. The molecule has 8 heteroatoms. The molecule has 1 aliphatic heterocycles. The summed E-state index contributed by atoms with van der Waals surface area (Å²) in [5, 5.41) is 5.49. The summed E-state index contributed by atoms with van der Waals surface area (Å²) in [5.74, 6) is -0.470. The number of carbonyl (C=O) groups is 2. The molecular formula is C19H15FN4O3. The van der Waals surface area contributed by atoms with Crippen molar-refractivity contribution in [2.24, 2.45) is 0 Å². The van der Waals surface area contributed by atoms with Gasteiger partial charge < -0.3 is 15.4 Å². The number of carbonyl (C=O) groups excluding carboxylic acids is 2. The van der Waals surface area contributed by atoms with Crippen molar-refractivity contribution in [1.82, 2.24) is 9.55 Å². The predicted octanol–water partition coefficient (Wildman–Crippen LogP) is 2.98. The van der Waals surface area contributed by atoms with Crippen molar-refractivity contribution < 1.29 is 18.7 Å². The van der Waals surface area contributed by atoms with Crippen molar-refractivity contribution in [2.75, 3.05) is 10.6 Å². The maximum Gasteiger partial charge on any atom is 0.274 e. The summed E-state index contributed by atoms with van der Waals surface area (Å²) in [5.41, 5.74) is 1.87. The van der Waals surface area contributed by atoms with E-state index in [-0.39, 0.29) is 17.4 Å². The van der Waals surface area contributed by atoms with Gasteiger partial charge in [0.1, 0.15) is 17.3 Å². The molecular weight excluding hydrogens is 351 g/mol. The Hall–Kier alpha value is -3.68. The van der Waals surface area contributed by atoms with E-state index in [9.17, 15) is 14.0 Å². The molecule has 136 valence electrons. The summed E-state index contributed by atoms with van der Waals surface area (Å²) < 4.78 is 20.2. The molecule has 0 unspecified atom stereocenters. The number of imidazole rings is 1. The Labute approximate surface area is 153 Å². The molecule has 0 saturated heterocycles. The van der Waals surface area contributed by atoms with Gasteiger partial charge in [0.25, 0.3) is 11.8 Å². The summed E-state index contributed by atoms with van der Waals surface area (Å²) in [6.45, 7) is 1.66. The third kappa shape index (κ3) is 3.24. The number of nitrogens with zero attached hydrogens (tertiary/aromatic N) is 2. The summed E-state index contributed by atoms with van der Waals surface area (Å²) >= 11 is 0. The van der Waals surface area contributed by atoms with Crippen molar-refractivity contribution >= 4 is 23.2 Å². The fourth-order valence-corrected chi connectivity index (χ4v) is 2.75. The van der Waals surface area contributed by atoms with Crippen LogP contribution in [-0.2, 0) is 4.79 Å². The lowest BCUT2D eigenvalue weighted by Gasteiger charge is -2.23. The summed E-state index contributed by atoms with van der Waals surface area (Å²) in [7, 11) is 0. The number of amides is 2. The van der Waals surface area contributed by atoms with Crippen LogP contribution in [-0.4, -0.2) is 27.5 Å². The van der Waals surface area contributed by atoms with Crippen LogP contribution in [0.25, 0.3) is 5.69 Å². The molecule has 1 atom stereocenters. The van der Waals surface area contributed by atoms with Crippen LogP contribution in [0.3, 0.4) is 0 Å². The number of aromatic nitrogens is 2. The molecule has 0 bridgehead atoms. The maximum atomic E-state index is 13.1. The van der Waals surface area contributed by atoms with Gasteiger partial charge in [0.15, 0.2) is 6.10 Å². The Bertz CT molecular complexity index is 1030.